The molecule has 7 heteroatoms. The topological polar surface area (TPSA) is 82.7 Å². The van der Waals surface area contributed by atoms with E-state index < -0.39 is 0 Å². The highest BCUT2D eigenvalue weighted by Crippen LogP contribution is 2.32. The maximum atomic E-state index is 12.5. The predicted octanol–water partition coefficient (Wildman–Crippen LogP) is 0.780. The average Bonchev–Trinajstić information content (AvgIpc) is 3.18. The molecule has 6 nitrogen and oxygen atoms in total. The molecule has 1 aromatic rings. The van der Waals surface area contributed by atoms with Gasteiger partial charge in [-0.25, -0.2) is 4.98 Å². The molecule has 110 valence electrons. The highest BCUT2D eigenvalue weighted by Gasteiger charge is 2.30. The monoisotopic (exact) mass is 296 g/mol. The molecule has 2 saturated heterocycles. The molecular formula is C13H20N4O2S. The van der Waals surface area contributed by atoms with E-state index in [4.69, 9.17) is 10.8 Å². The number of aliphatic hydroxyl groups excluding tert-OH is 1. The fourth-order valence-corrected chi connectivity index (χ4v) is 3.83. The quantitative estimate of drug-likeness (QED) is 0.861. The van der Waals surface area contributed by atoms with Crippen LogP contribution in [0.2, 0.25) is 0 Å². The summed E-state index contributed by atoms with van der Waals surface area (Å²) in [4.78, 5) is 21.3. The van der Waals surface area contributed by atoms with Crippen molar-refractivity contribution in [1.82, 2.24) is 9.88 Å². The molecule has 2 fully saturated rings. The van der Waals surface area contributed by atoms with Gasteiger partial charge in [-0.05, 0) is 19.3 Å². The number of hydrogen-bond donors (Lipinski definition) is 2. The van der Waals surface area contributed by atoms with Gasteiger partial charge in [-0.3, -0.25) is 4.79 Å². The third kappa shape index (κ3) is 2.47. The van der Waals surface area contributed by atoms with Gasteiger partial charge in [0.15, 0.2) is 5.13 Å². The maximum absolute atomic E-state index is 12.5. The van der Waals surface area contributed by atoms with Gasteiger partial charge in [0.1, 0.15) is 10.7 Å². The molecule has 3 N–H and O–H groups in total. The highest BCUT2D eigenvalue weighted by atomic mass is 32.1. The number of aromatic nitrogens is 1. The maximum Gasteiger partial charge on any atom is 0.267 e. The van der Waals surface area contributed by atoms with E-state index in [1.807, 2.05) is 0 Å². The second-order valence-corrected chi connectivity index (χ2v) is 6.47. The Balaban J connectivity index is 1.74. The Morgan fingerprint density at radius 3 is 2.80 bits per heavy atom. The summed E-state index contributed by atoms with van der Waals surface area (Å²) in [5.41, 5.74) is 5.92. The molecule has 0 aromatic carbocycles. The van der Waals surface area contributed by atoms with E-state index in [9.17, 15) is 4.79 Å². The Morgan fingerprint density at radius 1 is 1.40 bits per heavy atom. The largest absolute Gasteiger partial charge is 0.396 e. The minimum Gasteiger partial charge on any atom is -0.396 e. The minimum absolute atomic E-state index is 0.0404. The zero-order chi connectivity index (χ0) is 14.1. The number of amides is 1. The summed E-state index contributed by atoms with van der Waals surface area (Å²) in [5, 5.41) is 10.0. The number of nitrogens with zero attached hydrogens (tertiary/aromatic N) is 3. The summed E-state index contributed by atoms with van der Waals surface area (Å²) < 4.78 is 0. The second kappa shape index (κ2) is 5.57. The fraction of sp³-hybridized carbons (Fsp3) is 0.692. The zero-order valence-electron chi connectivity index (χ0n) is 11.4. The van der Waals surface area contributed by atoms with E-state index in [0.29, 0.717) is 23.8 Å². The van der Waals surface area contributed by atoms with Crippen molar-refractivity contribution in [2.45, 2.75) is 19.3 Å². The van der Waals surface area contributed by atoms with Gasteiger partial charge < -0.3 is 20.6 Å². The number of rotatable bonds is 3. The SMILES string of the molecule is Nc1nc(N2CCCC2)sc1C(=O)N1CCC(CO)C1. The van der Waals surface area contributed by atoms with E-state index in [0.717, 1.165) is 24.6 Å². The number of carbonyl (C=O) groups excluding carboxylic acids is 1. The molecule has 0 radical (unpaired) electrons. The van der Waals surface area contributed by atoms with E-state index in [-0.39, 0.29) is 18.4 Å². The van der Waals surface area contributed by atoms with Crippen molar-refractivity contribution < 1.29 is 9.90 Å². The third-order valence-electron chi connectivity index (χ3n) is 4.04. The first-order valence-corrected chi connectivity index (χ1v) is 7.92. The normalized spacial score (nSPS) is 22.8. The van der Waals surface area contributed by atoms with Crippen LogP contribution in [0.25, 0.3) is 0 Å². The number of aliphatic hydroxyl groups is 1. The van der Waals surface area contributed by atoms with Gasteiger partial charge >= 0.3 is 0 Å². The molecule has 3 rings (SSSR count). The molecule has 0 bridgehead atoms. The Morgan fingerprint density at radius 2 is 2.15 bits per heavy atom. The van der Waals surface area contributed by atoms with Crippen LogP contribution in [0.4, 0.5) is 10.9 Å². The van der Waals surface area contributed by atoms with Crippen molar-refractivity contribution in [3.05, 3.63) is 4.88 Å². The lowest BCUT2D eigenvalue weighted by Gasteiger charge is -2.15. The van der Waals surface area contributed by atoms with E-state index in [1.54, 1.807) is 4.90 Å². The van der Waals surface area contributed by atoms with Crippen molar-refractivity contribution in [1.29, 1.82) is 0 Å². The molecule has 0 spiro atoms. The lowest BCUT2D eigenvalue weighted by Crippen LogP contribution is -2.29. The van der Waals surface area contributed by atoms with E-state index in [2.05, 4.69) is 9.88 Å². The van der Waals surface area contributed by atoms with Crippen LogP contribution in [0.3, 0.4) is 0 Å². The number of carbonyl (C=O) groups is 1. The van der Waals surface area contributed by atoms with Crippen LogP contribution in [0, 0.1) is 5.92 Å². The molecule has 0 saturated carbocycles. The standard InChI is InChI=1S/C13H20N4O2S/c14-11-10(12(19)17-6-3-9(7-17)8-18)20-13(15-11)16-4-1-2-5-16/h9,18H,1-8,14H2. The first-order valence-electron chi connectivity index (χ1n) is 7.10. The van der Waals surface area contributed by atoms with Crippen LogP contribution in [-0.4, -0.2) is 53.7 Å². The van der Waals surface area contributed by atoms with Crippen molar-refractivity contribution >= 4 is 28.2 Å². The van der Waals surface area contributed by atoms with Crippen LogP contribution in [0.1, 0.15) is 28.9 Å². The Labute approximate surface area is 122 Å². The summed E-state index contributed by atoms with van der Waals surface area (Å²) in [7, 11) is 0. The molecule has 1 atom stereocenters. The number of hydrogen-bond acceptors (Lipinski definition) is 6. The molecule has 1 amide bonds. The molecular weight excluding hydrogens is 276 g/mol. The highest BCUT2D eigenvalue weighted by molar-refractivity contribution is 7.18. The molecule has 20 heavy (non-hydrogen) atoms. The van der Waals surface area contributed by atoms with Gasteiger partial charge in [0.2, 0.25) is 0 Å². The first-order chi connectivity index (χ1) is 9.69. The van der Waals surface area contributed by atoms with Gasteiger partial charge in [0, 0.05) is 38.7 Å². The molecule has 1 unspecified atom stereocenters. The van der Waals surface area contributed by atoms with Crippen LogP contribution in [-0.2, 0) is 0 Å². The lowest BCUT2D eigenvalue weighted by molar-refractivity contribution is 0.0787. The predicted molar refractivity (Wildman–Crippen MR) is 79.1 cm³/mol. The number of thiazole rings is 1. The lowest BCUT2D eigenvalue weighted by atomic mass is 10.1. The number of likely N-dealkylation sites (tertiary alicyclic amines) is 1. The van der Waals surface area contributed by atoms with Gasteiger partial charge in [-0.1, -0.05) is 11.3 Å². The zero-order valence-corrected chi connectivity index (χ0v) is 12.2. The van der Waals surface area contributed by atoms with Crippen molar-refractivity contribution in [3.63, 3.8) is 0 Å². The average molecular weight is 296 g/mol. The first kappa shape index (κ1) is 13.6. The summed E-state index contributed by atoms with van der Waals surface area (Å²) in [6.07, 6.45) is 3.21. The number of nitrogen functional groups attached to an aromatic ring is 1. The fourth-order valence-electron chi connectivity index (χ4n) is 2.83. The molecule has 0 aliphatic carbocycles. The molecule has 1 aromatic heterocycles. The minimum atomic E-state index is -0.0404. The van der Waals surface area contributed by atoms with E-state index >= 15 is 0 Å². The molecule has 2 aliphatic heterocycles. The van der Waals surface area contributed by atoms with E-state index in [1.165, 1.54) is 24.2 Å². The summed E-state index contributed by atoms with van der Waals surface area (Å²) >= 11 is 1.40. The van der Waals surface area contributed by atoms with Gasteiger partial charge in [0.25, 0.3) is 5.91 Å². The third-order valence-corrected chi connectivity index (χ3v) is 5.16. The number of nitrogens with two attached hydrogens (primary N) is 1. The Bertz CT molecular complexity index is 499. The summed E-state index contributed by atoms with van der Waals surface area (Å²) in [5.74, 6) is 0.502. The van der Waals surface area contributed by atoms with Crippen molar-refractivity contribution in [2.24, 2.45) is 5.92 Å². The van der Waals surface area contributed by atoms with Gasteiger partial charge in [0.05, 0.1) is 0 Å². The smallest absolute Gasteiger partial charge is 0.267 e. The molecule has 2 aliphatic rings. The number of anilines is 2. The van der Waals surface area contributed by atoms with Crippen LogP contribution in [0.15, 0.2) is 0 Å². The Hall–Kier alpha value is -1.34. The Kier molecular flexibility index (Phi) is 3.80. The second-order valence-electron chi connectivity index (χ2n) is 5.49. The van der Waals surface area contributed by atoms with Crippen molar-refractivity contribution in [3.8, 4) is 0 Å². The summed E-state index contributed by atoms with van der Waals surface area (Å²) in [6, 6.07) is 0. The molecule has 3 heterocycles. The van der Waals surface area contributed by atoms with Crippen LogP contribution >= 0.6 is 11.3 Å². The summed E-state index contributed by atoms with van der Waals surface area (Å²) in [6.45, 7) is 3.45. The van der Waals surface area contributed by atoms with Gasteiger partial charge in [-0.2, -0.15) is 0 Å². The van der Waals surface area contributed by atoms with Crippen LogP contribution in [0.5, 0.6) is 0 Å². The van der Waals surface area contributed by atoms with Crippen LogP contribution < -0.4 is 10.6 Å². The van der Waals surface area contributed by atoms with Gasteiger partial charge in [-0.15, -0.1) is 0 Å². The van der Waals surface area contributed by atoms with Crippen molar-refractivity contribution in [2.75, 3.05) is 43.4 Å².